The molecule has 0 aromatic carbocycles. The molecule has 3 heterocycles. The monoisotopic (exact) mass is 415 g/mol. The number of hydrogen-bond acceptors (Lipinski definition) is 6. The van der Waals surface area contributed by atoms with Gasteiger partial charge in [0.2, 0.25) is 0 Å². The Kier molecular flexibility index (Phi) is 2.92. The van der Waals surface area contributed by atoms with Crippen molar-refractivity contribution in [1.29, 1.82) is 0 Å². The number of fused-ring (bicyclic) bond motifs is 1. The van der Waals surface area contributed by atoms with Crippen molar-refractivity contribution in [3.8, 4) is 0 Å². The number of carbonyl (C=O) groups excluding carboxylic acids is 1. The molecule has 12 atom stereocenters. The Hall–Kier alpha value is -0.950. The van der Waals surface area contributed by atoms with Gasteiger partial charge in [-0.1, -0.05) is 33.8 Å². The summed E-state index contributed by atoms with van der Waals surface area (Å²) in [7, 11) is 0. The van der Waals surface area contributed by atoms with Crippen LogP contribution in [0.15, 0.2) is 12.2 Å². The van der Waals surface area contributed by atoms with Crippen molar-refractivity contribution in [2.45, 2.75) is 82.5 Å². The minimum absolute atomic E-state index is 0.0469. The van der Waals surface area contributed by atoms with E-state index in [4.69, 9.17) is 4.74 Å². The van der Waals surface area contributed by atoms with Gasteiger partial charge in [0, 0.05) is 36.3 Å². The molecular formula is C24H33NO5. The maximum Gasteiger partial charge on any atom is 0.308 e. The SMILES string of the molecule is C=C1[C@H](OC(=O)C(C)C)[C@@]23C[C@@]4(O)[C@@H]5[C@@]6(C)CCC[C@@]57[C@@H]2[C@@H](O)[C@]1(O)C[C@@H]3[C@H]7N4C6. The zero-order valence-electron chi connectivity index (χ0n) is 18.1. The molecule has 6 saturated carbocycles. The number of aliphatic hydroxyl groups is 3. The number of nitrogens with zero attached hydrogens (tertiary/aromatic N) is 1. The molecule has 6 aliphatic carbocycles. The number of piperidine rings is 2. The van der Waals surface area contributed by atoms with Crippen LogP contribution in [0.1, 0.15) is 52.9 Å². The largest absolute Gasteiger partial charge is 0.457 e. The zero-order valence-corrected chi connectivity index (χ0v) is 18.1. The minimum atomic E-state index is -1.41. The van der Waals surface area contributed by atoms with Crippen molar-refractivity contribution in [3.05, 3.63) is 12.2 Å². The van der Waals surface area contributed by atoms with Crippen molar-refractivity contribution in [2.24, 2.45) is 39.9 Å². The molecule has 6 heteroatoms. The van der Waals surface area contributed by atoms with Crippen LogP contribution in [0.5, 0.6) is 0 Å². The molecule has 3 N–H and O–H groups in total. The van der Waals surface area contributed by atoms with E-state index in [1.54, 1.807) is 0 Å². The molecule has 0 amide bonds. The van der Waals surface area contributed by atoms with Crippen LogP contribution in [-0.4, -0.2) is 62.3 Å². The van der Waals surface area contributed by atoms with Gasteiger partial charge in [0.1, 0.15) is 17.4 Å². The number of carbonyl (C=O) groups is 1. The van der Waals surface area contributed by atoms with Crippen LogP contribution in [0.4, 0.5) is 0 Å². The van der Waals surface area contributed by atoms with E-state index in [9.17, 15) is 20.1 Å². The normalized spacial score (nSPS) is 65.7. The second-order valence-corrected chi connectivity index (χ2v) is 12.4. The van der Waals surface area contributed by atoms with Gasteiger partial charge in [0.25, 0.3) is 0 Å². The highest BCUT2D eigenvalue weighted by Gasteiger charge is 2.95. The number of rotatable bonds is 2. The number of ether oxygens (including phenoxy) is 1. The lowest BCUT2D eigenvalue weighted by atomic mass is 9.38. The van der Waals surface area contributed by atoms with E-state index in [1.807, 2.05) is 13.8 Å². The van der Waals surface area contributed by atoms with Gasteiger partial charge in [0.05, 0.1) is 12.0 Å². The Balaban J connectivity index is 1.47. The van der Waals surface area contributed by atoms with Crippen LogP contribution in [0.3, 0.4) is 0 Å². The highest BCUT2D eigenvalue weighted by Crippen LogP contribution is 2.89. The van der Waals surface area contributed by atoms with E-state index >= 15 is 0 Å². The Morgan fingerprint density at radius 2 is 2.00 bits per heavy atom. The number of hydrogen-bond donors (Lipinski definition) is 3. The molecule has 6 nitrogen and oxygen atoms in total. The third kappa shape index (κ3) is 1.44. The molecular weight excluding hydrogens is 382 g/mol. The molecule has 9 aliphatic rings. The molecule has 9 bridgehead atoms. The van der Waals surface area contributed by atoms with Gasteiger partial charge in [-0.2, -0.15) is 0 Å². The first-order valence-corrected chi connectivity index (χ1v) is 11.8. The molecule has 30 heavy (non-hydrogen) atoms. The Bertz CT molecular complexity index is 919. The van der Waals surface area contributed by atoms with Gasteiger partial charge in [-0.25, -0.2) is 0 Å². The molecule has 3 saturated heterocycles. The van der Waals surface area contributed by atoms with Gasteiger partial charge in [0.15, 0.2) is 0 Å². The smallest absolute Gasteiger partial charge is 0.308 e. The fraction of sp³-hybridized carbons (Fsp3) is 0.875. The van der Waals surface area contributed by atoms with Crippen molar-refractivity contribution < 1.29 is 24.9 Å². The molecule has 3 aliphatic heterocycles. The molecule has 0 aromatic heterocycles. The predicted octanol–water partition coefficient (Wildman–Crippen LogP) is 1.43. The second kappa shape index (κ2) is 4.70. The molecule has 0 aromatic rings. The van der Waals surface area contributed by atoms with Crippen LogP contribution in [-0.2, 0) is 9.53 Å². The van der Waals surface area contributed by atoms with Crippen molar-refractivity contribution in [1.82, 2.24) is 4.90 Å². The zero-order chi connectivity index (χ0) is 21.2. The van der Waals surface area contributed by atoms with Crippen LogP contribution < -0.4 is 0 Å². The third-order valence-corrected chi connectivity index (χ3v) is 11.2. The van der Waals surface area contributed by atoms with Crippen LogP contribution >= 0.6 is 0 Å². The highest BCUT2D eigenvalue weighted by molar-refractivity contribution is 5.72. The number of aliphatic hydroxyl groups excluding tert-OH is 1. The average Bonchev–Trinajstić information content (AvgIpc) is 3.03. The lowest BCUT2D eigenvalue weighted by Gasteiger charge is -2.69. The van der Waals surface area contributed by atoms with Gasteiger partial charge < -0.3 is 20.1 Å². The van der Waals surface area contributed by atoms with Crippen LogP contribution in [0.25, 0.3) is 0 Å². The number of esters is 1. The molecule has 1 unspecified atom stereocenters. The summed E-state index contributed by atoms with van der Waals surface area (Å²) in [5, 5.41) is 35.6. The molecule has 164 valence electrons. The summed E-state index contributed by atoms with van der Waals surface area (Å²) in [6.07, 6.45) is 2.60. The van der Waals surface area contributed by atoms with Crippen molar-refractivity contribution >= 4 is 5.97 Å². The van der Waals surface area contributed by atoms with E-state index in [0.29, 0.717) is 18.4 Å². The standard InChI is InChI=1S/C24H33NO5/c1-11(2)18(27)30-17-12(3)23(28)8-13-15-21-7-5-6-20(4)10-25(15)24(29,19(20)21)9-22(13,17)14(21)16(23)26/h11,13-17,19,26,28-29H,3,5-10H2,1-2,4H3/t13-,14+,15-,16-,17+,19-,20+,21+,22-,23+,24-/m1/s1. The van der Waals surface area contributed by atoms with Crippen molar-refractivity contribution in [3.63, 3.8) is 0 Å². The third-order valence-electron chi connectivity index (χ3n) is 11.2. The topological polar surface area (TPSA) is 90.2 Å². The maximum absolute atomic E-state index is 12.7. The summed E-state index contributed by atoms with van der Waals surface area (Å²) in [6.45, 7) is 11.0. The fourth-order valence-corrected chi connectivity index (χ4v) is 10.9. The Labute approximate surface area is 177 Å². The lowest BCUT2D eigenvalue weighted by Crippen LogP contribution is -2.77. The summed E-state index contributed by atoms with van der Waals surface area (Å²) >= 11 is 0. The van der Waals surface area contributed by atoms with Gasteiger partial charge in [-0.3, -0.25) is 9.69 Å². The minimum Gasteiger partial charge on any atom is -0.457 e. The Morgan fingerprint density at radius 3 is 2.70 bits per heavy atom. The van der Waals surface area contributed by atoms with Gasteiger partial charge in [-0.05, 0) is 41.6 Å². The fourth-order valence-electron chi connectivity index (χ4n) is 10.9. The summed E-state index contributed by atoms with van der Waals surface area (Å²) in [4.78, 5) is 15.1. The predicted molar refractivity (Wildman–Crippen MR) is 107 cm³/mol. The summed E-state index contributed by atoms with van der Waals surface area (Å²) in [6, 6.07) is 0.150. The van der Waals surface area contributed by atoms with Crippen molar-refractivity contribution in [2.75, 3.05) is 6.54 Å². The lowest BCUT2D eigenvalue weighted by molar-refractivity contribution is -0.303. The maximum atomic E-state index is 12.7. The van der Waals surface area contributed by atoms with E-state index in [1.165, 1.54) is 0 Å². The molecule has 2 spiro atoms. The van der Waals surface area contributed by atoms with Gasteiger partial charge in [-0.15, -0.1) is 0 Å². The summed E-state index contributed by atoms with van der Waals surface area (Å²) < 4.78 is 6.09. The Morgan fingerprint density at radius 1 is 1.27 bits per heavy atom. The molecule has 9 fully saturated rings. The van der Waals surface area contributed by atoms with E-state index in [-0.39, 0.29) is 46.5 Å². The summed E-state index contributed by atoms with van der Waals surface area (Å²) in [5.41, 5.74) is -2.56. The molecule has 9 rings (SSSR count). The quantitative estimate of drug-likeness (QED) is 0.467. The van der Waals surface area contributed by atoms with E-state index in [0.717, 1.165) is 25.8 Å². The van der Waals surface area contributed by atoms with E-state index in [2.05, 4.69) is 18.4 Å². The first-order valence-electron chi connectivity index (χ1n) is 11.8. The van der Waals surface area contributed by atoms with Crippen LogP contribution in [0.2, 0.25) is 0 Å². The first-order chi connectivity index (χ1) is 14.0. The first kappa shape index (κ1) is 18.6. The highest BCUT2D eigenvalue weighted by atomic mass is 16.5. The summed E-state index contributed by atoms with van der Waals surface area (Å²) in [5.74, 6) is -0.509. The average molecular weight is 416 g/mol. The van der Waals surface area contributed by atoms with Crippen LogP contribution in [0, 0.1) is 39.9 Å². The second-order valence-electron chi connectivity index (χ2n) is 12.4. The van der Waals surface area contributed by atoms with E-state index < -0.39 is 28.9 Å². The molecule has 0 radical (unpaired) electrons. The van der Waals surface area contributed by atoms with Gasteiger partial charge >= 0.3 is 5.97 Å².